The molecule has 7 nitrogen and oxygen atoms in total. The molecule has 0 aliphatic carbocycles. The lowest BCUT2D eigenvalue weighted by Crippen LogP contribution is -2.51. The molecule has 1 N–H and O–H groups in total. The van der Waals surface area contributed by atoms with Gasteiger partial charge in [0.15, 0.2) is 0 Å². The molecule has 1 aliphatic rings. The Hall–Kier alpha value is -1.89. The van der Waals surface area contributed by atoms with Gasteiger partial charge >= 0.3 is 11.7 Å². The fourth-order valence-corrected chi connectivity index (χ4v) is 2.70. The number of rotatable bonds is 5. The Morgan fingerprint density at radius 2 is 1.95 bits per heavy atom. The molecule has 0 atom stereocenters. The first-order valence-electron chi connectivity index (χ1n) is 7.26. The molecule has 1 aliphatic heterocycles. The monoisotopic (exact) mass is 295 g/mol. The first kappa shape index (κ1) is 15.5. The number of carbonyl (C=O) groups is 1. The van der Waals surface area contributed by atoms with Gasteiger partial charge in [-0.2, -0.15) is 4.98 Å². The fraction of sp³-hybridized carbons (Fsp3) is 0.643. The molecular weight excluding hydrogens is 274 g/mol. The van der Waals surface area contributed by atoms with E-state index in [9.17, 15) is 9.59 Å². The molecule has 2 rings (SSSR count). The van der Waals surface area contributed by atoms with Crippen LogP contribution in [-0.4, -0.2) is 47.0 Å². The second-order valence-electron chi connectivity index (χ2n) is 4.92. The van der Waals surface area contributed by atoms with Crippen molar-refractivity contribution in [3.8, 4) is 0 Å². The zero-order valence-corrected chi connectivity index (χ0v) is 12.5. The highest BCUT2D eigenvalue weighted by Gasteiger charge is 2.21. The summed E-state index contributed by atoms with van der Waals surface area (Å²) in [5.41, 5.74) is 1.67. The lowest BCUT2D eigenvalue weighted by molar-refractivity contribution is -0.136. The molecule has 116 valence electrons. The lowest BCUT2D eigenvalue weighted by Gasteiger charge is -2.32. The summed E-state index contributed by atoms with van der Waals surface area (Å²) in [6.07, 6.45) is 1.03. The zero-order valence-electron chi connectivity index (χ0n) is 12.5. The Balaban J connectivity index is 2.57. The van der Waals surface area contributed by atoms with Crippen molar-refractivity contribution in [1.29, 1.82) is 0 Å². The van der Waals surface area contributed by atoms with Gasteiger partial charge in [0.05, 0.1) is 44.1 Å². The van der Waals surface area contributed by atoms with Crippen LogP contribution >= 0.6 is 0 Å². The highest BCUT2D eigenvalue weighted by atomic mass is 16.5. The van der Waals surface area contributed by atoms with Crippen molar-refractivity contribution < 1.29 is 14.6 Å². The second kappa shape index (κ2) is 6.71. The van der Waals surface area contributed by atoms with Crippen LogP contribution in [0.5, 0.6) is 0 Å². The predicted octanol–water partition coefficient (Wildman–Crippen LogP) is -0.0366. The molecule has 0 unspecified atom stereocenters. The summed E-state index contributed by atoms with van der Waals surface area (Å²) in [6, 6.07) is 0. The van der Waals surface area contributed by atoms with E-state index in [0.717, 1.165) is 5.69 Å². The molecule has 0 aromatic carbocycles. The molecule has 7 heteroatoms. The van der Waals surface area contributed by atoms with Gasteiger partial charge in [-0.3, -0.25) is 4.79 Å². The number of carboxylic acid groups (broad SMARTS) is 1. The Kier molecular flexibility index (Phi) is 4.95. The summed E-state index contributed by atoms with van der Waals surface area (Å²) in [6.45, 7) is 6.13. The van der Waals surface area contributed by atoms with Crippen LogP contribution in [0.3, 0.4) is 0 Å². The maximum Gasteiger partial charge on any atom is 0.366 e. The predicted molar refractivity (Wildman–Crippen MR) is 77.4 cm³/mol. The average Bonchev–Trinajstić information content (AvgIpc) is 2.48. The van der Waals surface area contributed by atoms with Gasteiger partial charge in [0.2, 0.25) is 0 Å². The number of aryl methyl sites for hydroxylation is 1. The van der Waals surface area contributed by atoms with E-state index >= 15 is 0 Å². The third-order valence-electron chi connectivity index (χ3n) is 3.63. The number of nitrogens with zero attached hydrogens (tertiary/aromatic N) is 3. The average molecular weight is 295 g/mol. The standard InChI is InChI=1S/C14H21N3O4/c1-3-11-10(9-13(18)19)12(4-2)17(14(20)15-11)16-5-7-21-8-6-16/h3-9H2,1-2H3,(H,18,19). The molecule has 1 saturated heterocycles. The van der Waals surface area contributed by atoms with Crippen molar-refractivity contribution in [3.05, 3.63) is 27.4 Å². The number of hydrogen-bond donors (Lipinski definition) is 1. The molecule has 0 radical (unpaired) electrons. The lowest BCUT2D eigenvalue weighted by atomic mass is 10.0. The second-order valence-corrected chi connectivity index (χ2v) is 4.92. The minimum Gasteiger partial charge on any atom is -0.481 e. The van der Waals surface area contributed by atoms with E-state index in [1.54, 1.807) is 4.68 Å². The van der Waals surface area contributed by atoms with Crippen LogP contribution in [-0.2, 0) is 28.8 Å². The van der Waals surface area contributed by atoms with Crippen molar-refractivity contribution in [2.45, 2.75) is 33.1 Å². The van der Waals surface area contributed by atoms with E-state index in [1.807, 2.05) is 18.9 Å². The summed E-state index contributed by atoms with van der Waals surface area (Å²) in [5.74, 6) is -0.909. The normalized spacial score (nSPS) is 15.2. The number of carboxylic acids is 1. The van der Waals surface area contributed by atoms with Crippen molar-refractivity contribution in [2.75, 3.05) is 31.3 Å². The maximum atomic E-state index is 12.3. The fourth-order valence-electron chi connectivity index (χ4n) is 2.70. The van der Waals surface area contributed by atoms with Crippen molar-refractivity contribution in [2.24, 2.45) is 0 Å². The van der Waals surface area contributed by atoms with Crippen LogP contribution in [0.4, 0.5) is 0 Å². The van der Waals surface area contributed by atoms with Gasteiger partial charge in [-0.05, 0) is 12.8 Å². The number of hydrogen-bond acceptors (Lipinski definition) is 5. The molecule has 21 heavy (non-hydrogen) atoms. The number of aromatic nitrogens is 2. The van der Waals surface area contributed by atoms with E-state index in [0.29, 0.717) is 50.4 Å². The van der Waals surface area contributed by atoms with Crippen LogP contribution < -0.4 is 10.7 Å². The molecule has 0 spiro atoms. The topological polar surface area (TPSA) is 84.7 Å². The Bertz CT molecular complexity index is 576. The SMILES string of the molecule is CCc1nc(=O)n(N2CCOCC2)c(CC)c1CC(=O)O. The molecular formula is C14H21N3O4. The number of aliphatic carboxylic acids is 1. The highest BCUT2D eigenvalue weighted by Crippen LogP contribution is 2.15. The van der Waals surface area contributed by atoms with Crippen LogP contribution in [0.1, 0.15) is 30.8 Å². The van der Waals surface area contributed by atoms with Crippen LogP contribution in [0, 0.1) is 0 Å². The van der Waals surface area contributed by atoms with E-state index in [1.165, 1.54) is 0 Å². The van der Waals surface area contributed by atoms with Crippen molar-refractivity contribution >= 4 is 5.97 Å². The van der Waals surface area contributed by atoms with Gasteiger partial charge < -0.3 is 14.9 Å². The molecule has 0 bridgehead atoms. The molecule has 1 fully saturated rings. The first-order valence-corrected chi connectivity index (χ1v) is 7.26. The van der Waals surface area contributed by atoms with Gasteiger partial charge in [-0.25, -0.2) is 9.47 Å². The third-order valence-corrected chi connectivity index (χ3v) is 3.63. The molecule has 0 saturated carbocycles. The van der Waals surface area contributed by atoms with Crippen LogP contribution in [0.25, 0.3) is 0 Å². The quantitative estimate of drug-likeness (QED) is 0.821. The summed E-state index contributed by atoms with van der Waals surface area (Å²) >= 11 is 0. The van der Waals surface area contributed by atoms with E-state index in [4.69, 9.17) is 9.84 Å². The Labute approximate surface area is 123 Å². The van der Waals surface area contributed by atoms with Crippen LogP contribution in [0.2, 0.25) is 0 Å². The van der Waals surface area contributed by atoms with E-state index in [2.05, 4.69) is 4.98 Å². The van der Waals surface area contributed by atoms with Gasteiger partial charge in [0, 0.05) is 5.56 Å². The van der Waals surface area contributed by atoms with Gasteiger partial charge in [-0.1, -0.05) is 13.8 Å². The first-order chi connectivity index (χ1) is 10.1. The minimum absolute atomic E-state index is 0.107. The third kappa shape index (κ3) is 3.24. The maximum absolute atomic E-state index is 12.3. The summed E-state index contributed by atoms with van der Waals surface area (Å²) in [4.78, 5) is 27.6. The molecule has 2 heterocycles. The van der Waals surface area contributed by atoms with Crippen molar-refractivity contribution in [3.63, 3.8) is 0 Å². The minimum atomic E-state index is -0.909. The molecule has 0 amide bonds. The Morgan fingerprint density at radius 3 is 2.48 bits per heavy atom. The van der Waals surface area contributed by atoms with Crippen molar-refractivity contribution in [1.82, 2.24) is 9.66 Å². The Morgan fingerprint density at radius 1 is 1.29 bits per heavy atom. The number of ether oxygens (including phenoxy) is 1. The zero-order chi connectivity index (χ0) is 15.4. The molecule has 1 aromatic heterocycles. The van der Waals surface area contributed by atoms with Gasteiger partial charge in [0.1, 0.15) is 0 Å². The summed E-state index contributed by atoms with van der Waals surface area (Å²) < 4.78 is 6.84. The highest BCUT2D eigenvalue weighted by molar-refractivity contribution is 5.71. The largest absolute Gasteiger partial charge is 0.481 e. The molecule has 1 aromatic rings. The summed E-state index contributed by atoms with van der Waals surface area (Å²) in [5, 5.41) is 11.0. The van der Waals surface area contributed by atoms with Gasteiger partial charge in [0.25, 0.3) is 0 Å². The smallest absolute Gasteiger partial charge is 0.366 e. The summed E-state index contributed by atoms with van der Waals surface area (Å²) in [7, 11) is 0. The van der Waals surface area contributed by atoms with E-state index < -0.39 is 5.97 Å². The van der Waals surface area contributed by atoms with Crippen LogP contribution in [0.15, 0.2) is 4.79 Å². The van der Waals surface area contributed by atoms with Gasteiger partial charge in [-0.15, -0.1) is 0 Å². The number of morpholine rings is 1. The van der Waals surface area contributed by atoms with E-state index in [-0.39, 0.29) is 12.1 Å².